The number of phenols is 8. The Kier molecular flexibility index (Phi) is 8.90. The maximum atomic E-state index is 14.5. The molecule has 5 aromatic rings. The molecule has 51 heavy (non-hydrogen) atoms. The number of Topliss-reactive ketones (excluding diaryl/α,β-unsaturated/α-hetero) is 1. The number of allylic oxidation sites excluding steroid dienone is 4. The van der Waals surface area contributed by atoms with Crippen molar-refractivity contribution in [3.63, 3.8) is 0 Å². The lowest BCUT2D eigenvalue weighted by atomic mass is 9.65. The molecule has 1 aromatic heterocycles. The average Bonchev–Trinajstić information content (AvgIpc) is 3.03. The molecule has 262 valence electrons. The third kappa shape index (κ3) is 6.29. The molecule has 0 aliphatic heterocycles. The number of aromatic hydroxyl groups is 8. The highest BCUT2D eigenvalue weighted by molar-refractivity contribution is 6.02. The van der Waals surface area contributed by atoms with Crippen molar-refractivity contribution in [3.05, 3.63) is 116 Å². The van der Waals surface area contributed by atoms with Crippen LogP contribution in [0.5, 0.6) is 46.0 Å². The number of phenolic OH excluding ortho intramolecular Hbond substituents is 8. The fourth-order valence-electron chi connectivity index (χ4n) is 7.01. The van der Waals surface area contributed by atoms with Crippen molar-refractivity contribution in [2.24, 2.45) is 5.92 Å². The smallest absolute Gasteiger partial charge is 0.200 e. The van der Waals surface area contributed by atoms with Gasteiger partial charge in [0.25, 0.3) is 0 Å². The first-order valence-electron chi connectivity index (χ1n) is 16.1. The van der Waals surface area contributed by atoms with E-state index < -0.39 is 52.0 Å². The van der Waals surface area contributed by atoms with Crippen molar-refractivity contribution in [1.82, 2.24) is 0 Å². The lowest BCUT2D eigenvalue weighted by Gasteiger charge is -2.37. The minimum atomic E-state index is -1.19. The van der Waals surface area contributed by atoms with E-state index in [0.29, 0.717) is 5.56 Å². The summed E-state index contributed by atoms with van der Waals surface area (Å²) in [7, 11) is 0. The highest BCUT2D eigenvalue weighted by Crippen LogP contribution is 2.54. The zero-order valence-electron chi connectivity index (χ0n) is 27.9. The van der Waals surface area contributed by atoms with E-state index in [1.165, 1.54) is 36.4 Å². The van der Waals surface area contributed by atoms with Gasteiger partial charge in [-0.15, -0.1) is 0 Å². The van der Waals surface area contributed by atoms with Crippen LogP contribution < -0.4 is 5.43 Å². The van der Waals surface area contributed by atoms with E-state index in [9.17, 15) is 50.4 Å². The van der Waals surface area contributed by atoms with Crippen LogP contribution in [0.15, 0.2) is 93.2 Å². The normalized spacial score (nSPS) is 17.2. The van der Waals surface area contributed by atoms with Crippen molar-refractivity contribution in [2.45, 2.75) is 45.4 Å². The highest BCUT2D eigenvalue weighted by atomic mass is 16.3. The third-order valence-corrected chi connectivity index (χ3v) is 9.33. The number of carbonyl (C=O) groups is 1. The van der Waals surface area contributed by atoms with Gasteiger partial charge in [-0.1, -0.05) is 29.4 Å². The summed E-state index contributed by atoms with van der Waals surface area (Å²) < 4.78 is 6.14. The number of ketones is 1. The lowest BCUT2D eigenvalue weighted by Crippen LogP contribution is -2.31. The van der Waals surface area contributed by atoms with Crippen molar-refractivity contribution in [1.29, 1.82) is 0 Å². The molecule has 4 aromatic carbocycles. The van der Waals surface area contributed by atoms with Crippen LogP contribution in [0.2, 0.25) is 0 Å². The molecule has 1 aliphatic carbocycles. The first-order chi connectivity index (χ1) is 24.2. The van der Waals surface area contributed by atoms with Crippen LogP contribution in [0.25, 0.3) is 22.3 Å². The van der Waals surface area contributed by atoms with E-state index >= 15 is 0 Å². The maximum absolute atomic E-state index is 14.5. The second-order valence-corrected chi connectivity index (χ2v) is 13.1. The van der Waals surface area contributed by atoms with Crippen LogP contribution in [0.1, 0.15) is 66.1 Å². The predicted octanol–water partition coefficient (Wildman–Crippen LogP) is 7.33. The molecule has 0 spiro atoms. The summed E-state index contributed by atoms with van der Waals surface area (Å²) in [5.41, 5.74) is 0.906. The molecule has 3 atom stereocenters. The predicted molar refractivity (Wildman–Crippen MR) is 189 cm³/mol. The van der Waals surface area contributed by atoms with Gasteiger partial charge >= 0.3 is 0 Å². The summed E-state index contributed by atoms with van der Waals surface area (Å²) in [5, 5.41) is 85.8. The van der Waals surface area contributed by atoms with Crippen LogP contribution >= 0.6 is 0 Å². The molecule has 3 unspecified atom stereocenters. The third-order valence-electron chi connectivity index (χ3n) is 9.33. The van der Waals surface area contributed by atoms with E-state index in [1.54, 1.807) is 19.1 Å². The minimum absolute atomic E-state index is 0.0267. The number of rotatable bonds is 7. The Bertz CT molecular complexity index is 2340. The standard InChI is InChI=1S/C40H36O11/c1-18(2)4-7-25-39(50)36-32(47)16-22(43)17-33(36)51-40(25)26-10-11-29(44)35(38(26)49)28-13-19(3)12-27(23-8-5-20(41)14-30(23)45)34(28)37(48)24-9-6-21(42)15-31(24)46/h4-6,8-11,13-17,27-28,34,41-47,49H,7,12H2,1-3H3. The fraction of sp³-hybridized carbons (Fsp3) is 0.200. The van der Waals surface area contributed by atoms with Gasteiger partial charge in [-0.25, -0.2) is 0 Å². The van der Waals surface area contributed by atoms with Gasteiger partial charge in [0.2, 0.25) is 5.43 Å². The molecule has 1 aliphatic rings. The summed E-state index contributed by atoms with van der Waals surface area (Å²) in [5.74, 6) is -6.90. The molecule has 0 saturated heterocycles. The van der Waals surface area contributed by atoms with Gasteiger partial charge in [-0.05, 0) is 69.5 Å². The molecular formula is C40H36O11. The van der Waals surface area contributed by atoms with Crippen LogP contribution in [0, 0.1) is 5.92 Å². The molecule has 11 heteroatoms. The molecule has 0 radical (unpaired) electrons. The Hall–Kier alpha value is -6.36. The first kappa shape index (κ1) is 34.5. The first-order valence-corrected chi connectivity index (χ1v) is 16.1. The van der Waals surface area contributed by atoms with Gasteiger partial charge < -0.3 is 45.3 Å². The number of carbonyl (C=O) groups excluding carboxylic acids is 1. The van der Waals surface area contributed by atoms with Gasteiger partial charge in [-0.2, -0.15) is 0 Å². The van der Waals surface area contributed by atoms with Crippen LogP contribution in [-0.2, 0) is 6.42 Å². The number of benzene rings is 4. The fourth-order valence-corrected chi connectivity index (χ4v) is 7.01. The van der Waals surface area contributed by atoms with E-state index in [-0.39, 0.29) is 74.8 Å². The molecule has 1 heterocycles. The van der Waals surface area contributed by atoms with E-state index in [0.717, 1.165) is 35.4 Å². The average molecular weight is 693 g/mol. The molecule has 6 rings (SSSR count). The van der Waals surface area contributed by atoms with Gasteiger partial charge in [-0.3, -0.25) is 9.59 Å². The van der Waals surface area contributed by atoms with E-state index in [4.69, 9.17) is 4.42 Å². The van der Waals surface area contributed by atoms with Crippen LogP contribution in [-0.4, -0.2) is 46.6 Å². The van der Waals surface area contributed by atoms with Gasteiger partial charge in [0.1, 0.15) is 62.7 Å². The zero-order chi connectivity index (χ0) is 36.9. The van der Waals surface area contributed by atoms with Crippen LogP contribution in [0.3, 0.4) is 0 Å². The molecule has 0 saturated carbocycles. The Balaban J connectivity index is 1.62. The SMILES string of the molecule is CC(C)=CCc1c(-c2ccc(O)c(C3C=C(C)CC(c4ccc(O)cc4O)C3C(=O)c3ccc(O)cc3O)c2O)oc2cc(O)cc(O)c2c1=O. The molecule has 0 amide bonds. The van der Waals surface area contributed by atoms with Crippen molar-refractivity contribution in [2.75, 3.05) is 0 Å². The Morgan fingerprint density at radius 2 is 1.47 bits per heavy atom. The largest absolute Gasteiger partial charge is 0.508 e. The second kappa shape index (κ2) is 13.2. The van der Waals surface area contributed by atoms with E-state index in [1.807, 2.05) is 13.8 Å². The monoisotopic (exact) mass is 692 g/mol. The highest BCUT2D eigenvalue weighted by Gasteiger charge is 2.43. The second-order valence-electron chi connectivity index (χ2n) is 13.1. The lowest BCUT2D eigenvalue weighted by molar-refractivity contribution is 0.0876. The van der Waals surface area contributed by atoms with Crippen molar-refractivity contribution in [3.8, 4) is 57.3 Å². The topological polar surface area (TPSA) is 209 Å². The van der Waals surface area contributed by atoms with Gasteiger partial charge in [0, 0.05) is 53.1 Å². The summed E-state index contributed by atoms with van der Waals surface area (Å²) in [6.45, 7) is 5.45. The maximum Gasteiger partial charge on any atom is 0.200 e. The van der Waals surface area contributed by atoms with Gasteiger partial charge in [0.05, 0.1) is 11.1 Å². The van der Waals surface area contributed by atoms with Gasteiger partial charge in [0.15, 0.2) is 5.78 Å². The van der Waals surface area contributed by atoms with Crippen molar-refractivity contribution >= 4 is 16.8 Å². The Morgan fingerprint density at radius 1 is 0.804 bits per heavy atom. The molecular weight excluding hydrogens is 656 g/mol. The number of fused-ring (bicyclic) bond motifs is 1. The summed E-state index contributed by atoms with van der Waals surface area (Å²) >= 11 is 0. The molecule has 0 bridgehead atoms. The zero-order valence-corrected chi connectivity index (χ0v) is 27.9. The number of hydrogen-bond donors (Lipinski definition) is 8. The summed E-state index contributed by atoms with van der Waals surface area (Å²) in [4.78, 5) is 28.4. The van der Waals surface area contributed by atoms with E-state index in [2.05, 4.69) is 0 Å². The van der Waals surface area contributed by atoms with Crippen molar-refractivity contribution < 1.29 is 50.1 Å². The molecule has 11 nitrogen and oxygen atoms in total. The molecule has 0 fully saturated rings. The summed E-state index contributed by atoms with van der Waals surface area (Å²) in [6.07, 6.45) is 3.74. The Morgan fingerprint density at radius 3 is 2.14 bits per heavy atom. The Labute approximate surface area is 291 Å². The quantitative estimate of drug-likeness (QED) is 0.0625. The number of hydrogen-bond acceptors (Lipinski definition) is 11. The summed E-state index contributed by atoms with van der Waals surface area (Å²) in [6, 6.07) is 12.3. The van der Waals surface area contributed by atoms with Crippen LogP contribution in [0.4, 0.5) is 0 Å². The molecule has 8 N–H and O–H groups in total. The minimum Gasteiger partial charge on any atom is -0.508 e.